The molecule has 10 aromatic rings. The second-order valence-corrected chi connectivity index (χ2v) is 13.2. The van der Waals surface area contributed by atoms with Crippen LogP contribution in [0.1, 0.15) is 0 Å². The summed E-state index contributed by atoms with van der Waals surface area (Å²) in [5.74, 6) is 1.93. The van der Waals surface area contributed by atoms with Crippen LogP contribution in [0.4, 0.5) is 0 Å². The number of nitrogens with zero attached hydrogens (tertiary/aromatic N) is 3. The Morgan fingerprint density at radius 3 is 1.25 bits per heavy atom. The molecule has 2 aromatic heterocycles. The topological polar surface area (TPSA) is 51.8 Å². The first kappa shape index (κ1) is 30.6. The molecule has 4 nitrogen and oxygen atoms in total. The van der Waals surface area contributed by atoms with Gasteiger partial charge >= 0.3 is 0 Å². The van der Waals surface area contributed by atoms with Crippen LogP contribution in [0.15, 0.2) is 192 Å². The van der Waals surface area contributed by atoms with Gasteiger partial charge in [-0.1, -0.05) is 164 Å². The number of hydrogen-bond donors (Lipinski definition) is 0. The van der Waals surface area contributed by atoms with Crippen LogP contribution in [0.3, 0.4) is 0 Å². The average molecular weight is 678 g/mol. The summed E-state index contributed by atoms with van der Waals surface area (Å²) in [4.78, 5) is 14.6. The summed E-state index contributed by atoms with van der Waals surface area (Å²) in [6.45, 7) is 0. The van der Waals surface area contributed by atoms with Gasteiger partial charge in [0.1, 0.15) is 11.2 Å². The molecule has 2 heterocycles. The van der Waals surface area contributed by atoms with Crippen molar-refractivity contribution in [1.82, 2.24) is 15.0 Å². The third-order valence-electron chi connectivity index (χ3n) is 9.97. The van der Waals surface area contributed by atoms with Crippen LogP contribution in [0, 0.1) is 0 Å². The molecule has 0 fully saturated rings. The Morgan fingerprint density at radius 1 is 0.283 bits per heavy atom. The van der Waals surface area contributed by atoms with E-state index in [4.69, 9.17) is 19.4 Å². The van der Waals surface area contributed by atoms with Gasteiger partial charge in [-0.15, -0.1) is 0 Å². The van der Waals surface area contributed by atoms with E-state index in [1.807, 2.05) is 60.7 Å². The van der Waals surface area contributed by atoms with E-state index < -0.39 is 0 Å². The number of aromatic nitrogens is 3. The minimum Gasteiger partial charge on any atom is -0.456 e. The van der Waals surface area contributed by atoms with E-state index in [1.165, 1.54) is 21.9 Å². The molecule has 248 valence electrons. The van der Waals surface area contributed by atoms with Crippen molar-refractivity contribution in [3.05, 3.63) is 188 Å². The first-order valence-electron chi connectivity index (χ1n) is 17.8. The van der Waals surface area contributed by atoms with E-state index in [9.17, 15) is 0 Å². The van der Waals surface area contributed by atoms with Gasteiger partial charge in [-0.25, -0.2) is 15.0 Å². The lowest BCUT2D eigenvalue weighted by molar-refractivity contribution is 0.669. The molecule has 0 radical (unpaired) electrons. The summed E-state index contributed by atoms with van der Waals surface area (Å²) in [6, 6.07) is 65.3. The number of benzene rings is 8. The number of hydrogen-bond acceptors (Lipinski definition) is 4. The molecule has 0 unspecified atom stereocenters. The average Bonchev–Trinajstić information content (AvgIpc) is 3.61. The van der Waals surface area contributed by atoms with Crippen molar-refractivity contribution in [3.8, 4) is 67.5 Å². The molecule has 0 aliphatic rings. The molecular formula is C49H31N3O. The van der Waals surface area contributed by atoms with Crippen molar-refractivity contribution >= 4 is 32.7 Å². The van der Waals surface area contributed by atoms with Crippen molar-refractivity contribution in [3.63, 3.8) is 0 Å². The Hall–Kier alpha value is -7.17. The van der Waals surface area contributed by atoms with E-state index >= 15 is 0 Å². The van der Waals surface area contributed by atoms with Gasteiger partial charge in [0, 0.05) is 27.5 Å². The molecule has 0 saturated carbocycles. The highest BCUT2D eigenvalue weighted by Gasteiger charge is 2.14. The van der Waals surface area contributed by atoms with Gasteiger partial charge in [-0.05, 0) is 68.4 Å². The first-order valence-corrected chi connectivity index (χ1v) is 17.8. The standard InChI is InChI=1S/C49H31N3O/c1-3-11-36(12-4-1)47-50-48(37-13-5-2-6-14-37)52-49(51-47)38-24-20-33(21-25-38)40-27-29-44-43-28-26-39(30-45(43)53-46(44)31-40)32-18-22-35(23-19-32)42-17-9-15-34-10-7-8-16-41(34)42/h1-31H. The molecule has 0 saturated heterocycles. The van der Waals surface area contributed by atoms with Crippen LogP contribution in [-0.4, -0.2) is 15.0 Å². The Bertz CT molecular complexity index is 2850. The fourth-order valence-electron chi connectivity index (χ4n) is 7.20. The van der Waals surface area contributed by atoms with Gasteiger partial charge in [-0.3, -0.25) is 0 Å². The van der Waals surface area contributed by atoms with Crippen LogP contribution < -0.4 is 0 Å². The number of fused-ring (bicyclic) bond motifs is 4. The Labute approximate surface area is 306 Å². The van der Waals surface area contributed by atoms with E-state index in [2.05, 4.69) is 127 Å². The highest BCUT2D eigenvalue weighted by Crippen LogP contribution is 2.36. The predicted molar refractivity (Wildman–Crippen MR) is 217 cm³/mol. The zero-order valence-electron chi connectivity index (χ0n) is 28.6. The molecule has 0 aliphatic carbocycles. The maximum absolute atomic E-state index is 6.49. The lowest BCUT2D eigenvalue weighted by atomic mass is 9.96. The van der Waals surface area contributed by atoms with E-state index in [-0.39, 0.29) is 0 Å². The zero-order valence-corrected chi connectivity index (χ0v) is 28.6. The summed E-state index contributed by atoms with van der Waals surface area (Å²) < 4.78 is 6.49. The summed E-state index contributed by atoms with van der Waals surface area (Å²) in [5, 5.41) is 4.72. The van der Waals surface area contributed by atoms with Crippen LogP contribution >= 0.6 is 0 Å². The summed E-state index contributed by atoms with van der Waals surface area (Å²) >= 11 is 0. The lowest BCUT2D eigenvalue weighted by Crippen LogP contribution is -2.00. The molecule has 0 aliphatic heterocycles. The maximum atomic E-state index is 6.49. The molecule has 8 aromatic carbocycles. The molecule has 10 rings (SSSR count). The molecule has 0 N–H and O–H groups in total. The summed E-state index contributed by atoms with van der Waals surface area (Å²) in [5.41, 5.74) is 11.5. The minimum atomic E-state index is 0.635. The van der Waals surface area contributed by atoms with Crippen LogP contribution in [-0.2, 0) is 0 Å². The van der Waals surface area contributed by atoms with Crippen molar-refractivity contribution in [2.24, 2.45) is 0 Å². The number of furan rings is 1. The van der Waals surface area contributed by atoms with Crippen molar-refractivity contribution in [2.75, 3.05) is 0 Å². The maximum Gasteiger partial charge on any atom is 0.164 e. The van der Waals surface area contributed by atoms with E-state index in [0.717, 1.165) is 60.9 Å². The van der Waals surface area contributed by atoms with Gasteiger partial charge in [0.05, 0.1) is 0 Å². The van der Waals surface area contributed by atoms with Crippen LogP contribution in [0.25, 0.3) is 100 Å². The van der Waals surface area contributed by atoms with Gasteiger partial charge in [0.25, 0.3) is 0 Å². The van der Waals surface area contributed by atoms with Crippen LogP contribution in [0.2, 0.25) is 0 Å². The minimum absolute atomic E-state index is 0.635. The molecule has 4 heteroatoms. The van der Waals surface area contributed by atoms with Crippen LogP contribution in [0.5, 0.6) is 0 Å². The monoisotopic (exact) mass is 677 g/mol. The zero-order chi connectivity index (χ0) is 35.1. The van der Waals surface area contributed by atoms with E-state index in [1.54, 1.807) is 0 Å². The van der Waals surface area contributed by atoms with E-state index in [0.29, 0.717) is 17.5 Å². The Balaban J connectivity index is 0.947. The van der Waals surface area contributed by atoms with Crippen molar-refractivity contribution in [1.29, 1.82) is 0 Å². The Morgan fingerprint density at radius 2 is 0.698 bits per heavy atom. The highest BCUT2D eigenvalue weighted by molar-refractivity contribution is 6.07. The highest BCUT2D eigenvalue weighted by atomic mass is 16.3. The molecule has 0 spiro atoms. The predicted octanol–water partition coefficient (Wildman–Crippen LogP) is 12.9. The van der Waals surface area contributed by atoms with Crippen molar-refractivity contribution < 1.29 is 4.42 Å². The summed E-state index contributed by atoms with van der Waals surface area (Å²) in [7, 11) is 0. The molecular weight excluding hydrogens is 647 g/mol. The van der Waals surface area contributed by atoms with Crippen molar-refractivity contribution in [2.45, 2.75) is 0 Å². The third kappa shape index (κ3) is 5.73. The number of rotatable bonds is 6. The largest absolute Gasteiger partial charge is 0.456 e. The fraction of sp³-hybridized carbons (Fsp3) is 0. The van der Waals surface area contributed by atoms with Gasteiger partial charge in [0.2, 0.25) is 0 Å². The second-order valence-electron chi connectivity index (χ2n) is 13.2. The lowest BCUT2D eigenvalue weighted by Gasteiger charge is -2.09. The SMILES string of the molecule is c1ccc(-c2nc(-c3ccccc3)nc(-c3ccc(-c4ccc5c(c4)oc4cc(-c6ccc(-c7cccc8ccccc78)cc6)ccc45)cc3)n2)cc1. The quantitative estimate of drug-likeness (QED) is 0.176. The van der Waals surface area contributed by atoms with Gasteiger partial charge < -0.3 is 4.42 Å². The van der Waals surface area contributed by atoms with Gasteiger partial charge in [-0.2, -0.15) is 0 Å². The fourth-order valence-corrected chi connectivity index (χ4v) is 7.20. The molecule has 0 bridgehead atoms. The Kier molecular flexibility index (Phi) is 7.43. The molecule has 53 heavy (non-hydrogen) atoms. The molecule has 0 amide bonds. The summed E-state index contributed by atoms with van der Waals surface area (Å²) in [6.07, 6.45) is 0. The van der Waals surface area contributed by atoms with Gasteiger partial charge in [0.15, 0.2) is 17.5 Å². The first-order chi connectivity index (χ1) is 26.2. The third-order valence-corrected chi connectivity index (χ3v) is 9.97. The smallest absolute Gasteiger partial charge is 0.164 e. The normalized spacial score (nSPS) is 11.4. The molecule has 0 atom stereocenters. The second kappa shape index (κ2) is 12.9.